The summed E-state index contributed by atoms with van der Waals surface area (Å²) in [4.78, 5) is 25.9. The Morgan fingerprint density at radius 2 is 2.05 bits per heavy atom. The Bertz CT molecular complexity index is 553. The molecule has 1 aromatic carbocycles. The van der Waals surface area contributed by atoms with Crippen LogP contribution in [0.4, 0.5) is 0 Å². The molecule has 0 saturated carbocycles. The minimum atomic E-state index is -0.161. The number of amides is 2. The third kappa shape index (κ3) is 2.52. The van der Waals surface area contributed by atoms with Crippen LogP contribution >= 0.6 is 15.9 Å². The number of hydrogen-bond acceptors (Lipinski definition) is 3. The minimum Gasteiger partial charge on any atom is -0.314 e. The summed E-state index contributed by atoms with van der Waals surface area (Å²) in [6.45, 7) is 1.61. The Morgan fingerprint density at radius 3 is 2.80 bits per heavy atom. The lowest BCUT2D eigenvalue weighted by atomic mass is 10.1. The monoisotopic (exact) mass is 336 g/mol. The number of halogens is 1. The summed E-state index contributed by atoms with van der Waals surface area (Å²) < 4.78 is 0.828. The average Bonchev–Trinajstić information content (AvgIpc) is 3.02. The fraction of sp³-hybridized carbons (Fsp3) is 0.467. The van der Waals surface area contributed by atoms with Crippen molar-refractivity contribution in [2.75, 3.05) is 13.1 Å². The van der Waals surface area contributed by atoms with Crippen molar-refractivity contribution in [2.24, 2.45) is 0 Å². The quantitative estimate of drug-likeness (QED) is 0.859. The van der Waals surface area contributed by atoms with Gasteiger partial charge in [-0.25, -0.2) is 0 Å². The van der Waals surface area contributed by atoms with Gasteiger partial charge >= 0.3 is 0 Å². The first-order chi connectivity index (χ1) is 9.66. The molecule has 1 atom stereocenters. The fourth-order valence-corrected chi connectivity index (χ4v) is 3.33. The lowest BCUT2D eigenvalue weighted by Crippen LogP contribution is -2.32. The summed E-state index contributed by atoms with van der Waals surface area (Å²) in [7, 11) is 0. The van der Waals surface area contributed by atoms with E-state index in [-0.39, 0.29) is 11.8 Å². The van der Waals surface area contributed by atoms with Gasteiger partial charge in [0.25, 0.3) is 11.8 Å². The van der Waals surface area contributed by atoms with E-state index in [0.717, 1.165) is 23.9 Å². The van der Waals surface area contributed by atoms with E-state index in [0.29, 0.717) is 23.7 Å². The first-order valence-electron chi connectivity index (χ1n) is 7.06. The number of nitrogens with one attached hydrogen (secondary N) is 1. The standard InChI is InChI=1S/C15H17BrN2O2/c16-10-5-6-12-13(9-10)15(20)18(14(12)19)8-2-4-11-3-1-7-17-11/h5-6,9,11,17H,1-4,7-8H2. The van der Waals surface area contributed by atoms with Crippen LogP contribution in [0, 0.1) is 0 Å². The highest BCUT2D eigenvalue weighted by Gasteiger charge is 2.35. The number of benzene rings is 1. The molecule has 0 radical (unpaired) electrons. The van der Waals surface area contributed by atoms with Crippen LogP contribution in [-0.2, 0) is 0 Å². The van der Waals surface area contributed by atoms with Gasteiger partial charge in [0.15, 0.2) is 0 Å². The smallest absolute Gasteiger partial charge is 0.261 e. The normalized spacial score (nSPS) is 21.6. The number of nitrogens with zero attached hydrogens (tertiary/aromatic N) is 1. The van der Waals surface area contributed by atoms with Gasteiger partial charge in [-0.2, -0.15) is 0 Å². The zero-order valence-electron chi connectivity index (χ0n) is 11.2. The maximum absolute atomic E-state index is 12.3. The molecule has 106 valence electrons. The van der Waals surface area contributed by atoms with Crippen molar-refractivity contribution >= 4 is 27.7 Å². The third-order valence-electron chi connectivity index (χ3n) is 4.03. The predicted molar refractivity (Wildman–Crippen MR) is 79.8 cm³/mol. The van der Waals surface area contributed by atoms with Gasteiger partial charge < -0.3 is 5.32 Å². The van der Waals surface area contributed by atoms with Crippen molar-refractivity contribution in [3.63, 3.8) is 0 Å². The van der Waals surface area contributed by atoms with Crippen LogP contribution in [0.3, 0.4) is 0 Å². The summed E-state index contributed by atoms with van der Waals surface area (Å²) in [6, 6.07) is 5.81. The van der Waals surface area contributed by atoms with Gasteiger partial charge in [-0.1, -0.05) is 15.9 Å². The zero-order chi connectivity index (χ0) is 14.1. The Morgan fingerprint density at radius 1 is 1.25 bits per heavy atom. The molecule has 0 aromatic heterocycles. The molecular formula is C15H17BrN2O2. The molecule has 2 aliphatic heterocycles. The topological polar surface area (TPSA) is 49.4 Å². The van der Waals surface area contributed by atoms with Gasteiger partial charge in [-0.3, -0.25) is 14.5 Å². The minimum absolute atomic E-state index is 0.156. The van der Waals surface area contributed by atoms with Crippen molar-refractivity contribution in [3.05, 3.63) is 33.8 Å². The average molecular weight is 337 g/mol. The van der Waals surface area contributed by atoms with Crippen LogP contribution in [0.1, 0.15) is 46.4 Å². The molecule has 0 bridgehead atoms. The van der Waals surface area contributed by atoms with Crippen molar-refractivity contribution in [2.45, 2.75) is 31.7 Å². The largest absolute Gasteiger partial charge is 0.314 e. The number of imide groups is 1. The van der Waals surface area contributed by atoms with Gasteiger partial charge in [-0.05, 0) is 50.4 Å². The van der Waals surface area contributed by atoms with Crippen LogP contribution in [0.2, 0.25) is 0 Å². The molecule has 1 fully saturated rings. The molecule has 1 aromatic rings. The number of rotatable bonds is 4. The predicted octanol–water partition coefficient (Wildman–Crippen LogP) is 2.58. The van der Waals surface area contributed by atoms with E-state index in [9.17, 15) is 9.59 Å². The molecular weight excluding hydrogens is 320 g/mol. The van der Waals surface area contributed by atoms with Crippen LogP contribution in [-0.4, -0.2) is 35.8 Å². The summed E-state index contributed by atoms with van der Waals surface area (Å²) in [5.41, 5.74) is 1.04. The van der Waals surface area contributed by atoms with Gasteiger partial charge in [0, 0.05) is 17.1 Å². The number of hydrogen-bond donors (Lipinski definition) is 1. The molecule has 2 amide bonds. The third-order valence-corrected chi connectivity index (χ3v) is 4.52. The summed E-state index contributed by atoms with van der Waals surface area (Å²) >= 11 is 3.34. The van der Waals surface area contributed by atoms with E-state index < -0.39 is 0 Å². The maximum atomic E-state index is 12.3. The van der Waals surface area contributed by atoms with Gasteiger partial charge in [0.2, 0.25) is 0 Å². The molecule has 0 spiro atoms. The van der Waals surface area contributed by atoms with Gasteiger partial charge in [0.05, 0.1) is 11.1 Å². The molecule has 1 unspecified atom stereocenters. The Kier molecular flexibility index (Phi) is 3.89. The molecule has 1 saturated heterocycles. The van der Waals surface area contributed by atoms with E-state index in [1.54, 1.807) is 18.2 Å². The second-order valence-corrected chi connectivity index (χ2v) is 6.30. The molecule has 0 aliphatic carbocycles. The molecule has 1 N–H and O–H groups in total. The highest BCUT2D eigenvalue weighted by molar-refractivity contribution is 9.10. The number of fused-ring (bicyclic) bond motifs is 1. The van der Waals surface area contributed by atoms with E-state index in [1.807, 2.05) is 0 Å². The van der Waals surface area contributed by atoms with Crippen LogP contribution < -0.4 is 5.32 Å². The molecule has 5 heteroatoms. The number of carbonyl (C=O) groups is 2. The van der Waals surface area contributed by atoms with E-state index in [2.05, 4.69) is 21.2 Å². The second kappa shape index (κ2) is 5.66. The lowest BCUT2D eigenvalue weighted by Gasteiger charge is -2.15. The molecule has 20 heavy (non-hydrogen) atoms. The van der Waals surface area contributed by atoms with Gasteiger partial charge in [-0.15, -0.1) is 0 Å². The highest BCUT2D eigenvalue weighted by Crippen LogP contribution is 2.26. The maximum Gasteiger partial charge on any atom is 0.261 e. The first-order valence-corrected chi connectivity index (χ1v) is 7.85. The van der Waals surface area contributed by atoms with E-state index in [1.165, 1.54) is 17.7 Å². The van der Waals surface area contributed by atoms with Crippen molar-refractivity contribution in [1.82, 2.24) is 10.2 Å². The van der Waals surface area contributed by atoms with Crippen LogP contribution in [0.15, 0.2) is 22.7 Å². The molecule has 2 aliphatic rings. The highest BCUT2D eigenvalue weighted by atomic mass is 79.9. The summed E-state index contributed by atoms with van der Waals surface area (Å²) in [5.74, 6) is -0.317. The lowest BCUT2D eigenvalue weighted by molar-refractivity contribution is 0.0650. The Balaban J connectivity index is 1.64. The van der Waals surface area contributed by atoms with Crippen molar-refractivity contribution < 1.29 is 9.59 Å². The molecule has 3 rings (SSSR count). The Hall–Kier alpha value is -1.20. The van der Waals surface area contributed by atoms with Crippen LogP contribution in [0.5, 0.6) is 0 Å². The zero-order valence-corrected chi connectivity index (χ0v) is 12.8. The molecule has 2 heterocycles. The fourth-order valence-electron chi connectivity index (χ4n) is 2.96. The van der Waals surface area contributed by atoms with E-state index >= 15 is 0 Å². The second-order valence-electron chi connectivity index (χ2n) is 5.39. The Labute approximate surface area is 126 Å². The summed E-state index contributed by atoms with van der Waals surface area (Å²) in [6.07, 6.45) is 4.32. The van der Waals surface area contributed by atoms with Crippen molar-refractivity contribution in [3.8, 4) is 0 Å². The SMILES string of the molecule is O=C1c2ccc(Br)cc2C(=O)N1CCCC1CCCN1. The van der Waals surface area contributed by atoms with Crippen molar-refractivity contribution in [1.29, 1.82) is 0 Å². The number of carbonyl (C=O) groups excluding carboxylic acids is 2. The molecule has 4 nitrogen and oxygen atoms in total. The first kappa shape index (κ1) is 13.8. The van der Waals surface area contributed by atoms with E-state index in [4.69, 9.17) is 0 Å². The van der Waals surface area contributed by atoms with Crippen LogP contribution in [0.25, 0.3) is 0 Å². The summed E-state index contributed by atoms with van der Waals surface area (Å²) in [5, 5.41) is 3.43. The van der Waals surface area contributed by atoms with Gasteiger partial charge in [0.1, 0.15) is 0 Å².